The monoisotopic (exact) mass is 383 g/mol. The zero-order valence-corrected chi connectivity index (χ0v) is 14.1. The third-order valence-corrected chi connectivity index (χ3v) is 5.14. The highest BCUT2D eigenvalue weighted by atomic mass is 32.2. The van der Waals surface area contributed by atoms with Crippen LogP contribution in [-0.2, 0) is 16.3 Å². The van der Waals surface area contributed by atoms with Crippen LogP contribution in [0.5, 0.6) is 11.5 Å². The van der Waals surface area contributed by atoms with Gasteiger partial charge < -0.3 is 9.84 Å². The number of alkyl halides is 2. The summed E-state index contributed by atoms with van der Waals surface area (Å²) in [6.07, 6.45) is -2.38. The number of rotatable bonds is 3. The topological polar surface area (TPSA) is 87.4 Å². The number of halogens is 3. The summed E-state index contributed by atoms with van der Waals surface area (Å²) in [7, 11) is -3.87. The summed E-state index contributed by atoms with van der Waals surface area (Å²) >= 11 is 0. The molecule has 3 rings (SSSR count). The van der Waals surface area contributed by atoms with Gasteiger partial charge in [-0.25, -0.2) is 21.6 Å². The summed E-state index contributed by atoms with van der Waals surface area (Å²) in [5.41, 5.74) is -0.630. The molecule has 9 heteroatoms. The van der Waals surface area contributed by atoms with E-state index in [0.29, 0.717) is 0 Å². The molecule has 0 amide bonds. The van der Waals surface area contributed by atoms with Crippen molar-refractivity contribution in [2.45, 2.75) is 23.3 Å². The average Bonchev–Trinajstić information content (AvgIpc) is 2.77. The van der Waals surface area contributed by atoms with E-state index in [2.05, 4.69) is 0 Å². The van der Waals surface area contributed by atoms with Crippen LogP contribution in [0.15, 0.2) is 35.2 Å². The molecule has 26 heavy (non-hydrogen) atoms. The molecule has 0 bridgehead atoms. The number of hydrogen-bond donors (Lipinski definition) is 1. The zero-order chi connectivity index (χ0) is 19.3. The Hall–Kier alpha value is -2.57. The van der Waals surface area contributed by atoms with E-state index in [0.717, 1.165) is 24.5 Å². The standard InChI is InChI=1S/C17H12F3NO4S/c1-26(23,24)14-3-2-13(12-7-17(19,20)16(22)15(12)14)25-11-5-9(8-21)4-10(18)6-11/h2-6,16,22H,7H2,1H3. The molecule has 0 aliphatic heterocycles. The largest absolute Gasteiger partial charge is 0.457 e. The maximum Gasteiger partial charge on any atom is 0.281 e. The molecule has 2 aromatic rings. The SMILES string of the molecule is CS(=O)(=O)c1ccc(Oc2cc(F)cc(C#N)c2)c2c1C(O)C(F)(F)C2. The number of benzene rings is 2. The van der Waals surface area contributed by atoms with Crippen molar-refractivity contribution in [1.82, 2.24) is 0 Å². The smallest absolute Gasteiger partial charge is 0.281 e. The molecular weight excluding hydrogens is 371 g/mol. The fourth-order valence-electron chi connectivity index (χ4n) is 2.88. The second-order valence-corrected chi connectivity index (χ2v) is 7.94. The van der Waals surface area contributed by atoms with E-state index < -0.39 is 44.6 Å². The fourth-order valence-corrected chi connectivity index (χ4v) is 3.83. The van der Waals surface area contributed by atoms with Gasteiger partial charge in [-0.05, 0) is 24.3 Å². The summed E-state index contributed by atoms with van der Waals surface area (Å²) in [5.74, 6) is -4.58. The molecule has 0 spiro atoms. The molecule has 5 nitrogen and oxygen atoms in total. The third kappa shape index (κ3) is 3.13. The van der Waals surface area contributed by atoms with E-state index in [1.54, 1.807) is 6.07 Å². The molecule has 0 fully saturated rings. The Morgan fingerprint density at radius 2 is 2.00 bits per heavy atom. The molecule has 0 radical (unpaired) electrons. The van der Waals surface area contributed by atoms with E-state index in [9.17, 15) is 26.7 Å². The molecular formula is C17H12F3NO4S. The number of nitriles is 1. The van der Waals surface area contributed by atoms with Crippen molar-refractivity contribution in [3.63, 3.8) is 0 Å². The molecule has 0 heterocycles. The highest BCUT2D eigenvalue weighted by Gasteiger charge is 2.50. The second-order valence-electron chi connectivity index (χ2n) is 5.96. The van der Waals surface area contributed by atoms with Crippen molar-refractivity contribution in [1.29, 1.82) is 5.26 Å². The minimum Gasteiger partial charge on any atom is -0.457 e. The lowest BCUT2D eigenvalue weighted by molar-refractivity contribution is -0.0976. The predicted octanol–water partition coefficient (Wildman–Crippen LogP) is 3.12. The summed E-state index contributed by atoms with van der Waals surface area (Å²) in [5, 5.41) is 18.8. The molecule has 1 aliphatic carbocycles. The number of fused-ring (bicyclic) bond motifs is 1. The Bertz CT molecular complexity index is 1040. The van der Waals surface area contributed by atoms with Gasteiger partial charge in [0, 0.05) is 29.9 Å². The van der Waals surface area contributed by atoms with E-state index in [-0.39, 0.29) is 22.6 Å². The molecule has 1 unspecified atom stereocenters. The molecule has 0 saturated carbocycles. The summed E-state index contributed by atoms with van der Waals surface area (Å²) in [6.45, 7) is 0. The normalized spacial score (nSPS) is 18.2. The van der Waals surface area contributed by atoms with Gasteiger partial charge in [-0.15, -0.1) is 0 Å². The molecule has 1 N–H and O–H groups in total. The van der Waals surface area contributed by atoms with Gasteiger partial charge in [-0.3, -0.25) is 0 Å². The van der Waals surface area contributed by atoms with Gasteiger partial charge in [0.1, 0.15) is 23.4 Å². The lowest BCUT2D eigenvalue weighted by atomic mass is 10.1. The van der Waals surface area contributed by atoms with Crippen LogP contribution in [-0.4, -0.2) is 25.7 Å². The van der Waals surface area contributed by atoms with Gasteiger partial charge >= 0.3 is 0 Å². The molecule has 0 aromatic heterocycles. The van der Waals surface area contributed by atoms with Crippen LogP contribution < -0.4 is 4.74 Å². The van der Waals surface area contributed by atoms with Gasteiger partial charge in [0.2, 0.25) is 0 Å². The maximum absolute atomic E-state index is 14.0. The van der Waals surface area contributed by atoms with Crippen molar-refractivity contribution in [3.05, 3.63) is 52.8 Å². The minimum atomic E-state index is -3.87. The number of aliphatic hydroxyl groups excluding tert-OH is 1. The van der Waals surface area contributed by atoms with Gasteiger partial charge in [-0.1, -0.05) is 0 Å². The third-order valence-electron chi connectivity index (χ3n) is 3.99. The van der Waals surface area contributed by atoms with Crippen molar-refractivity contribution >= 4 is 9.84 Å². The zero-order valence-electron chi connectivity index (χ0n) is 13.3. The number of nitrogens with zero attached hydrogens (tertiary/aromatic N) is 1. The van der Waals surface area contributed by atoms with Crippen LogP contribution in [0.4, 0.5) is 13.2 Å². The highest BCUT2D eigenvalue weighted by molar-refractivity contribution is 7.90. The maximum atomic E-state index is 14.0. The van der Waals surface area contributed by atoms with Gasteiger partial charge in [0.15, 0.2) is 9.84 Å². The Balaban J connectivity index is 2.15. The van der Waals surface area contributed by atoms with E-state index in [1.807, 2.05) is 0 Å². The van der Waals surface area contributed by atoms with Crippen molar-refractivity contribution in [2.24, 2.45) is 0 Å². The molecule has 136 valence electrons. The van der Waals surface area contributed by atoms with Crippen LogP contribution in [0.2, 0.25) is 0 Å². The Morgan fingerprint density at radius 1 is 1.31 bits per heavy atom. The number of hydrogen-bond acceptors (Lipinski definition) is 5. The number of ether oxygens (including phenoxy) is 1. The van der Waals surface area contributed by atoms with Crippen molar-refractivity contribution in [2.75, 3.05) is 6.26 Å². The first-order valence-corrected chi connectivity index (χ1v) is 9.22. The van der Waals surface area contributed by atoms with Gasteiger partial charge in [0.25, 0.3) is 5.92 Å². The first-order chi connectivity index (χ1) is 12.0. The number of sulfone groups is 1. The summed E-state index contributed by atoms with van der Waals surface area (Å²) in [6, 6.07) is 7.10. The minimum absolute atomic E-state index is 0.0326. The van der Waals surface area contributed by atoms with Crippen LogP contribution in [0.25, 0.3) is 0 Å². The molecule has 1 atom stereocenters. The Kier molecular flexibility index (Phi) is 4.21. The Labute approximate surface area is 147 Å². The Morgan fingerprint density at radius 3 is 2.62 bits per heavy atom. The van der Waals surface area contributed by atoms with Gasteiger partial charge in [-0.2, -0.15) is 5.26 Å². The second kappa shape index (κ2) is 6.00. The number of aliphatic hydroxyl groups is 1. The quantitative estimate of drug-likeness (QED) is 0.880. The predicted molar refractivity (Wildman–Crippen MR) is 84.4 cm³/mol. The van der Waals surface area contributed by atoms with E-state index >= 15 is 0 Å². The lowest BCUT2D eigenvalue weighted by Crippen LogP contribution is -2.22. The van der Waals surface area contributed by atoms with Crippen LogP contribution >= 0.6 is 0 Å². The van der Waals surface area contributed by atoms with Crippen LogP contribution in [0, 0.1) is 17.1 Å². The lowest BCUT2D eigenvalue weighted by Gasteiger charge is -2.15. The van der Waals surface area contributed by atoms with Crippen LogP contribution in [0.3, 0.4) is 0 Å². The molecule has 0 saturated heterocycles. The van der Waals surface area contributed by atoms with E-state index in [4.69, 9.17) is 10.00 Å². The van der Waals surface area contributed by atoms with E-state index in [1.165, 1.54) is 12.1 Å². The summed E-state index contributed by atoms with van der Waals surface area (Å²) < 4.78 is 70.7. The van der Waals surface area contributed by atoms with Crippen molar-refractivity contribution in [3.8, 4) is 17.6 Å². The van der Waals surface area contributed by atoms with Crippen LogP contribution in [0.1, 0.15) is 22.8 Å². The fraction of sp³-hybridized carbons (Fsp3) is 0.235. The first kappa shape index (κ1) is 18.2. The molecule has 1 aliphatic rings. The molecule has 2 aromatic carbocycles. The van der Waals surface area contributed by atoms with Crippen molar-refractivity contribution < 1.29 is 31.4 Å². The summed E-state index contributed by atoms with van der Waals surface area (Å²) in [4.78, 5) is -0.415. The average molecular weight is 383 g/mol. The highest BCUT2D eigenvalue weighted by Crippen LogP contribution is 2.49. The first-order valence-electron chi connectivity index (χ1n) is 7.33. The van der Waals surface area contributed by atoms with Gasteiger partial charge in [0.05, 0.1) is 16.5 Å².